The summed E-state index contributed by atoms with van der Waals surface area (Å²) < 4.78 is 7.59. The molecule has 0 aliphatic carbocycles. The largest absolute Gasteiger partial charge is 0.465 e. The van der Waals surface area contributed by atoms with Crippen molar-refractivity contribution < 1.29 is 9.53 Å². The lowest BCUT2D eigenvalue weighted by molar-refractivity contribution is -0.154. The minimum atomic E-state index is -0.380. The predicted octanol–water partition coefficient (Wildman–Crippen LogP) is 12.8. The first kappa shape index (κ1) is 43.9. The normalized spacial score (nSPS) is 10.7. The van der Waals surface area contributed by atoms with Crippen LogP contribution < -0.4 is 0 Å². The summed E-state index contributed by atoms with van der Waals surface area (Å²) in [6.45, 7) is 27.8. The van der Waals surface area contributed by atoms with Crippen molar-refractivity contribution in [1.29, 1.82) is 0 Å². The maximum absolute atomic E-state index is 11.8. The molecule has 0 spiro atoms. The smallest absolute Gasteiger partial charge is 0.311 e. The molecule has 1 aromatic carbocycles. The van der Waals surface area contributed by atoms with Crippen LogP contribution >= 0.6 is 47.9 Å². The molecule has 0 unspecified atom stereocenters. The van der Waals surface area contributed by atoms with Crippen LogP contribution in [0.25, 0.3) is 0 Å². The number of esters is 1. The summed E-state index contributed by atoms with van der Waals surface area (Å²) in [5.41, 5.74) is 6.71. The molecule has 6 heteroatoms. The number of hydrogen-bond donors (Lipinski definition) is 2. The molecule has 0 bridgehead atoms. The number of thiol groups is 2. The highest BCUT2D eigenvalue weighted by atomic mass is 32.2. The molecule has 246 valence electrons. The fourth-order valence-electron chi connectivity index (χ4n) is 3.65. The van der Waals surface area contributed by atoms with Gasteiger partial charge in [-0.2, -0.15) is 0 Å². The Morgan fingerprint density at radius 2 is 1.19 bits per heavy atom. The lowest BCUT2D eigenvalue weighted by atomic mass is 9.82. The van der Waals surface area contributed by atoms with Gasteiger partial charge in [0, 0.05) is 16.2 Å². The number of ether oxygens (including phenoxy) is 1. The summed E-state index contributed by atoms with van der Waals surface area (Å²) in [5.74, 6) is -0.109. The van der Waals surface area contributed by atoms with Crippen LogP contribution in [0.4, 0.5) is 0 Å². The van der Waals surface area contributed by atoms with Crippen molar-refractivity contribution >= 4 is 53.9 Å². The van der Waals surface area contributed by atoms with Gasteiger partial charge in [0.25, 0.3) is 0 Å². The third-order valence-corrected chi connectivity index (χ3v) is 11.7. The fraction of sp³-hybridized carbons (Fsp3) is 0.595. The van der Waals surface area contributed by atoms with Crippen LogP contribution in [0, 0.1) is 33.1 Å². The average Bonchev–Trinajstić information content (AvgIpc) is 3.38. The van der Waals surface area contributed by atoms with Gasteiger partial charge in [-0.15, -0.1) is 47.9 Å². The minimum absolute atomic E-state index is 0. The van der Waals surface area contributed by atoms with Crippen molar-refractivity contribution in [3.63, 3.8) is 0 Å². The Balaban J connectivity index is 0. The average molecular weight is 667 g/mol. The van der Waals surface area contributed by atoms with Gasteiger partial charge in [-0.25, -0.2) is 0 Å². The first-order valence-electron chi connectivity index (χ1n) is 15.4. The van der Waals surface area contributed by atoms with E-state index in [4.69, 9.17) is 4.74 Å². The maximum atomic E-state index is 11.8. The zero-order chi connectivity index (χ0) is 32.7. The summed E-state index contributed by atoms with van der Waals surface area (Å²) in [6.07, 6.45) is 5.20. The molecule has 0 atom stereocenters. The molecule has 3 rings (SSSR count). The second kappa shape index (κ2) is 21.5. The van der Waals surface area contributed by atoms with E-state index in [1.165, 1.54) is 61.0 Å². The molecule has 2 aromatic heterocycles. The number of hydrogen-bond acceptors (Lipinski definition) is 6. The first-order valence-corrected chi connectivity index (χ1v) is 17.9. The van der Waals surface area contributed by atoms with Crippen molar-refractivity contribution in [2.24, 2.45) is 5.41 Å². The molecule has 0 saturated heterocycles. The lowest BCUT2D eigenvalue weighted by Gasteiger charge is -2.22. The highest BCUT2D eigenvalue weighted by Crippen LogP contribution is 2.32. The summed E-state index contributed by atoms with van der Waals surface area (Å²) in [6, 6.07) is 10.7. The maximum Gasteiger partial charge on any atom is 0.311 e. The van der Waals surface area contributed by atoms with Gasteiger partial charge in [-0.05, 0) is 94.0 Å². The molecular formula is C37H62O2S4. The van der Waals surface area contributed by atoms with Crippen LogP contribution in [0.5, 0.6) is 0 Å². The highest BCUT2D eigenvalue weighted by Gasteiger charge is 2.27. The molecule has 0 saturated carbocycles. The molecule has 0 radical (unpaired) electrons. The van der Waals surface area contributed by atoms with E-state index in [9.17, 15) is 4.79 Å². The van der Waals surface area contributed by atoms with Gasteiger partial charge in [0.1, 0.15) is 0 Å². The van der Waals surface area contributed by atoms with E-state index < -0.39 is 0 Å². The fourth-order valence-corrected chi connectivity index (χ4v) is 6.83. The number of benzene rings is 1. The Morgan fingerprint density at radius 1 is 0.744 bits per heavy atom. The third kappa shape index (κ3) is 14.2. The van der Waals surface area contributed by atoms with Crippen LogP contribution in [-0.4, -0.2) is 12.6 Å². The van der Waals surface area contributed by atoms with Gasteiger partial charge in [0.2, 0.25) is 0 Å². The monoisotopic (exact) mass is 666 g/mol. The van der Waals surface area contributed by atoms with E-state index in [1.807, 2.05) is 46.0 Å². The van der Waals surface area contributed by atoms with E-state index in [0.717, 1.165) is 17.1 Å². The topological polar surface area (TPSA) is 26.3 Å². The molecule has 43 heavy (non-hydrogen) atoms. The number of thiophene rings is 2. The van der Waals surface area contributed by atoms with Crippen molar-refractivity contribution in [3.05, 3.63) is 67.9 Å². The van der Waals surface area contributed by atoms with Crippen molar-refractivity contribution in [1.82, 2.24) is 0 Å². The van der Waals surface area contributed by atoms with E-state index >= 15 is 0 Å². The summed E-state index contributed by atoms with van der Waals surface area (Å²) in [7, 11) is 0. The number of carbonyl (C=O) groups excluding carboxylic acids is 1. The summed E-state index contributed by atoms with van der Waals surface area (Å²) in [4.78, 5) is 14.6. The van der Waals surface area contributed by atoms with Gasteiger partial charge in [0.15, 0.2) is 0 Å². The Labute approximate surface area is 285 Å². The lowest BCUT2D eigenvalue weighted by Crippen LogP contribution is -2.26. The molecule has 0 fully saturated rings. The van der Waals surface area contributed by atoms with Crippen molar-refractivity contribution in [3.8, 4) is 0 Å². The van der Waals surface area contributed by atoms with E-state index in [-0.39, 0.29) is 18.8 Å². The van der Waals surface area contributed by atoms with Crippen LogP contribution in [0.2, 0.25) is 0 Å². The Morgan fingerprint density at radius 3 is 1.53 bits per heavy atom. The second-order valence-electron chi connectivity index (χ2n) is 11.6. The first-order chi connectivity index (χ1) is 19.6. The molecule has 0 N–H and O–H groups in total. The van der Waals surface area contributed by atoms with Gasteiger partial charge in [-0.1, -0.05) is 92.6 Å². The number of aryl methyl sites for hydroxylation is 1. The minimum Gasteiger partial charge on any atom is -0.465 e. The van der Waals surface area contributed by atoms with Gasteiger partial charge in [-0.3, -0.25) is 4.79 Å². The standard InChI is InChI=1S/C14H22O2S2.C11H16.C9H14S2.C2H6.CH4/c1-6-14(4,5)13(15)16-8-7-11-9(2)10(3)12(17)18-11;1-4-11(2,3)10-8-6-5-7-9-10;1-4-5-8-6(2)7(3)9(10)11-8;1-2;/h17H,6-8H2,1-5H3;5-9H,4H2,1-3H3;10H,4-5H2,1-3H3;1-2H3;1H4. The molecule has 0 aliphatic rings. The number of carbonyl (C=O) groups is 1. The molecule has 0 amide bonds. The quantitative estimate of drug-likeness (QED) is 0.176. The number of rotatable bonds is 9. The van der Waals surface area contributed by atoms with Gasteiger partial charge < -0.3 is 4.74 Å². The molecular weight excluding hydrogens is 605 g/mol. The SMILES string of the molecule is C.CC.CCC(C)(C)C(=O)OCCc1sc(S)c(C)c1C.CCC(C)(C)c1ccccc1.CCCc1sc(S)c(C)c1C. The van der Waals surface area contributed by atoms with Crippen LogP contribution in [0.3, 0.4) is 0 Å². The van der Waals surface area contributed by atoms with Crippen LogP contribution in [-0.2, 0) is 27.8 Å². The Bertz CT molecular complexity index is 1190. The molecule has 3 aromatic rings. The molecule has 2 nitrogen and oxygen atoms in total. The van der Waals surface area contributed by atoms with Gasteiger partial charge >= 0.3 is 5.97 Å². The summed E-state index contributed by atoms with van der Waals surface area (Å²) >= 11 is 12.3. The van der Waals surface area contributed by atoms with Crippen LogP contribution in [0.15, 0.2) is 38.8 Å². The van der Waals surface area contributed by atoms with Crippen molar-refractivity contribution in [2.75, 3.05) is 6.61 Å². The zero-order valence-corrected chi connectivity index (χ0v) is 32.1. The zero-order valence-electron chi connectivity index (χ0n) is 28.7. The molecule has 2 heterocycles. The predicted molar refractivity (Wildman–Crippen MR) is 203 cm³/mol. The summed E-state index contributed by atoms with van der Waals surface area (Å²) in [5, 5.41) is 0. The second-order valence-corrected chi connectivity index (χ2v) is 15.3. The van der Waals surface area contributed by atoms with E-state index in [2.05, 4.69) is 111 Å². The third-order valence-electron chi connectivity index (χ3n) is 7.96. The van der Waals surface area contributed by atoms with Gasteiger partial charge in [0.05, 0.1) is 20.4 Å². The van der Waals surface area contributed by atoms with Crippen LogP contribution in [0.1, 0.15) is 127 Å². The highest BCUT2D eigenvalue weighted by molar-refractivity contribution is 7.83. The molecule has 0 aliphatic heterocycles. The Kier molecular flexibility index (Phi) is 22.0. The van der Waals surface area contributed by atoms with Crippen molar-refractivity contribution in [2.45, 2.75) is 143 Å². The Hall–Kier alpha value is -1.21. The van der Waals surface area contributed by atoms with E-state index in [0.29, 0.717) is 12.0 Å². The van der Waals surface area contributed by atoms with E-state index in [1.54, 1.807) is 11.3 Å².